The van der Waals surface area contributed by atoms with Crippen LogP contribution in [0.5, 0.6) is 0 Å². The standard InChI is InChI=1S/C18H15F12N3/c1-3-32(4-2)12-11(10-8-6-5-7-9-10)14(17(25,26)27,18(28,29)30)31-33(12)13(15(19,20)21)16(22,23)24/h5-9H,3-4H2,1-2H3. The van der Waals surface area contributed by atoms with Crippen molar-refractivity contribution in [2.45, 2.75) is 44.1 Å². The van der Waals surface area contributed by atoms with Crippen LogP contribution >= 0.6 is 0 Å². The smallest absolute Gasteiger partial charge is 0.458 e. The van der Waals surface area contributed by atoms with Crippen LogP contribution in [0.4, 0.5) is 52.7 Å². The number of nitrogens with zero attached hydrogens (tertiary/aromatic N) is 3. The van der Waals surface area contributed by atoms with E-state index in [0.29, 0.717) is 17.0 Å². The van der Waals surface area contributed by atoms with Crippen LogP contribution in [-0.2, 0) is 0 Å². The molecule has 1 heterocycles. The molecule has 1 aromatic rings. The summed E-state index contributed by atoms with van der Waals surface area (Å²) < 4.78 is 164. The first-order valence-corrected chi connectivity index (χ1v) is 9.07. The van der Waals surface area contributed by atoms with Crippen LogP contribution < -0.4 is 0 Å². The second-order valence-electron chi connectivity index (χ2n) is 6.70. The van der Waals surface area contributed by atoms with Gasteiger partial charge in [0.15, 0.2) is 5.54 Å². The normalized spacial score (nSPS) is 17.3. The van der Waals surface area contributed by atoms with E-state index in [1.807, 2.05) is 0 Å². The molecular weight excluding hydrogens is 486 g/mol. The molecule has 1 aromatic carbocycles. The van der Waals surface area contributed by atoms with Gasteiger partial charge >= 0.3 is 24.7 Å². The van der Waals surface area contributed by atoms with Crippen LogP contribution in [0.1, 0.15) is 19.4 Å². The highest BCUT2D eigenvalue weighted by atomic mass is 19.4. The van der Waals surface area contributed by atoms with Crippen LogP contribution in [0.25, 0.3) is 11.0 Å². The van der Waals surface area contributed by atoms with Gasteiger partial charge in [0, 0.05) is 0 Å². The summed E-state index contributed by atoms with van der Waals surface area (Å²) in [5, 5.41) is 0. The minimum Gasteiger partial charge on any atom is -0.496 e. The van der Waals surface area contributed by atoms with Crippen molar-refractivity contribution in [1.29, 1.82) is 0 Å². The van der Waals surface area contributed by atoms with Gasteiger partial charge in [0.2, 0.25) is 0 Å². The zero-order valence-corrected chi connectivity index (χ0v) is 16.7. The zero-order chi connectivity index (χ0) is 25.6. The van der Waals surface area contributed by atoms with Crippen LogP contribution in [0.15, 0.2) is 36.2 Å². The summed E-state index contributed by atoms with van der Waals surface area (Å²) in [6.45, 7) is 1.23. The summed E-state index contributed by atoms with van der Waals surface area (Å²) in [6.07, 6.45) is -25.7. The molecule has 0 aliphatic carbocycles. The van der Waals surface area contributed by atoms with E-state index in [1.54, 1.807) is 0 Å². The van der Waals surface area contributed by atoms with E-state index in [0.717, 1.165) is 26.0 Å². The predicted octanol–water partition coefficient (Wildman–Crippen LogP) is 6.44. The Hall–Kier alpha value is -2.61. The molecular formula is C18H15F12N3. The average molecular weight is 501 g/mol. The number of halogens is 12. The molecule has 0 radical (unpaired) electrons. The summed E-state index contributed by atoms with van der Waals surface area (Å²) in [7, 11) is 0. The lowest BCUT2D eigenvalue weighted by Crippen LogP contribution is -2.56. The van der Waals surface area contributed by atoms with Gasteiger partial charge in [-0.2, -0.15) is 52.7 Å². The Kier molecular flexibility index (Phi) is 6.71. The Morgan fingerprint density at radius 2 is 1.21 bits per heavy atom. The fourth-order valence-electron chi connectivity index (χ4n) is 3.39. The van der Waals surface area contributed by atoms with Crippen LogP contribution in [0.3, 0.4) is 0 Å². The molecule has 3 nitrogen and oxygen atoms in total. The van der Waals surface area contributed by atoms with Crippen molar-refractivity contribution < 1.29 is 57.4 Å². The number of benzene rings is 1. The molecule has 0 N–H and O–H groups in total. The third-order valence-electron chi connectivity index (χ3n) is 4.73. The predicted molar refractivity (Wildman–Crippen MR) is 91.9 cm³/mol. The Balaban J connectivity index is 3.27. The molecule has 186 valence electrons. The third kappa shape index (κ3) is 4.45. The Labute approximate surface area is 178 Å². The van der Waals surface area contributed by atoms with Crippen molar-refractivity contribution in [3.05, 3.63) is 47.1 Å². The van der Waals surface area contributed by atoms with E-state index >= 15 is 0 Å². The molecule has 0 atom stereocenters. The van der Waals surface area contributed by atoms with Gasteiger partial charge in [-0.15, -0.1) is 0 Å². The molecule has 0 unspecified atom stereocenters. The molecule has 0 aromatic heterocycles. The zero-order valence-electron chi connectivity index (χ0n) is 16.7. The molecule has 0 saturated carbocycles. The number of rotatable bonds is 4. The summed E-state index contributed by atoms with van der Waals surface area (Å²) in [6, 6.07) is 4.59. The average Bonchev–Trinajstić information content (AvgIpc) is 2.97. The third-order valence-corrected chi connectivity index (χ3v) is 4.73. The van der Waals surface area contributed by atoms with Crippen molar-refractivity contribution >= 4 is 11.3 Å². The first-order chi connectivity index (χ1) is 14.8. The number of hydrogen-bond donors (Lipinski definition) is 0. The lowest BCUT2D eigenvalue weighted by atomic mass is 9.84. The maximum atomic E-state index is 14.1. The van der Waals surface area contributed by atoms with Gasteiger partial charge in [0.05, 0.1) is 18.7 Å². The van der Waals surface area contributed by atoms with Gasteiger partial charge in [0.1, 0.15) is 0 Å². The fraction of sp³-hybridized carbons (Fsp3) is 0.500. The van der Waals surface area contributed by atoms with Crippen LogP contribution in [-0.4, -0.2) is 58.6 Å². The fourth-order valence-corrected chi connectivity index (χ4v) is 3.39. The molecule has 1 aliphatic rings. The molecule has 2 rings (SSSR count). The highest BCUT2D eigenvalue weighted by Gasteiger charge is 2.73. The first kappa shape index (κ1) is 26.6. The monoisotopic (exact) mass is 501 g/mol. The molecule has 0 spiro atoms. The molecule has 0 bridgehead atoms. The van der Waals surface area contributed by atoms with E-state index in [-0.39, 0.29) is 0 Å². The second-order valence-corrected chi connectivity index (χ2v) is 6.70. The number of hydrogen-bond acceptors (Lipinski definition) is 1. The lowest BCUT2D eigenvalue weighted by molar-refractivity contribution is -0.472. The van der Waals surface area contributed by atoms with Gasteiger partial charge in [-0.3, -0.25) is 9.58 Å². The van der Waals surface area contributed by atoms with Gasteiger partial charge in [-0.05, 0) is 19.4 Å². The molecule has 15 heteroatoms. The molecule has 1 aliphatic heterocycles. The summed E-state index contributed by atoms with van der Waals surface area (Å²) >= 11 is 0. The topological polar surface area (TPSA) is 20.4 Å². The SMILES string of the molecule is CCN(CC)C1=C(c2ccccc2)C(C(F)(F)F)(C(F)(F)F)[N-][N+]1=C(C(F)(F)F)C(F)(F)F. The van der Waals surface area contributed by atoms with Gasteiger partial charge in [-0.1, -0.05) is 30.3 Å². The van der Waals surface area contributed by atoms with E-state index in [9.17, 15) is 52.7 Å². The van der Waals surface area contributed by atoms with Gasteiger partial charge < -0.3 is 5.43 Å². The maximum Gasteiger partial charge on any atom is 0.458 e. The van der Waals surface area contributed by atoms with Crippen molar-refractivity contribution in [3.8, 4) is 0 Å². The largest absolute Gasteiger partial charge is 0.496 e. The van der Waals surface area contributed by atoms with Crippen molar-refractivity contribution in [1.82, 2.24) is 4.90 Å². The Morgan fingerprint density at radius 3 is 1.55 bits per heavy atom. The minimum absolute atomic E-state index is 0.516. The Bertz CT molecular complexity index is 886. The first-order valence-electron chi connectivity index (χ1n) is 9.07. The molecule has 0 fully saturated rings. The maximum absolute atomic E-state index is 14.1. The van der Waals surface area contributed by atoms with Crippen molar-refractivity contribution in [2.24, 2.45) is 0 Å². The minimum atomic E-state index is -6.45. The molecule has 33 heavy (non-hydrogen) atoms. The van der Waals surface area contributed by atoms with E-state index in [4.69, 9.17) is 0 Å². The summed E-state index contributed by atoms with van der Waals surface area (Å²) in [4.78, 5) is 0.516. The highest BCUT2D eigenvalue weighted by molar-refractivity contribution is 5.92. The second kappa shape index (κ2) is 8.31. The quantitative estimate of drug-likeness (QED) is 0.344. The summed E-state index contributed by atoms with van der Waals surface area (Å²) in [5.74, 6) is -1.62. The number of alkyl halides is 12. The van der Waals surface area contributed by atoms with Gasteiger partial charge in [0.25, 0.3) is 11.5 Å². The van der Waals surface area contributed by atoms with Gasteiger partial charge in [-0.25, -0.2) is 0 Å². The van der Waals surface area contributed by atoms with Crippen LogP contribution in [0, 0.1) is 0 Å². The van der Waals surface area contributed by atoms with E-state index < -0.39 is 70.7 Å². The van der Waals surface area contributed by atoms with E-state index in [1.165, 1.54) is 6.07 Å². The van der Waals surface area contributed by atoms with Crippen molar-refractivity contribution in [2.75, 3.05) is 13.1 Å². The highest BCUT2D eigenvalue weighted by Crippen LogP contribution is 2.61. The van der Waals surface area contributed by atoms with Crippen molar-refractivity contribution in [3.63, 3.8) is 0 Å². The van der Waals surface area contributed by atoms with Crippen LogP contribution in [0.2, 0.25) is 0 Å². The Morgan fingerprint density at radius 1 is 0.788 bits per heavy atom. The molecule has 0 saturated heterocycles. The molecule has 0 amide bonds. The van der Waals surface area contributed by atoms with E-state index in [2.05, 4.69) is 5.43 Å². The lowest BCUT2D eigenvalue weighted by Gasteiger charge is -2.43. The summed E-state index contributed by atoms with van der Waals surface area (Å²) in [5.41, 5.74) is -9.69.